The third kappa shape index (κ3) is 3.83. The van der Waals surface area contributed by atoms with E-state index in [0.29, 0.717) is 23.4 Å². The summed E-state index contributed by atoms with van der Waals surface area (Å²) >= 11 is 6.37. The first-order valence-corrected chi connectivity index (χ1v) is 7.72. The summed E-state index contributed by atoms with van der Waals surface area (Å²) in [6.45, 7) is 13.0. The number of hydrogen-bond donors (Lipinski definition) is 0. The number of morpholine rings is 1. The van der Waals surface area contributed by atoms with Gasteiger partial charge in [-0.1, -0.05) is 6.92 Å². The maximum absolute atomic E-state index is 6.37. The summed E-state index contributed by atoms with van der Waals surface area (Å²) in [6, 6.07) is 0.624. The highest BCUT2D eigenvalue weighted by Gasteiger charge is 2.28. The summed E-state index contributed by atoms with van der Waals surface area (Å²) in [5.41, 5.74) is 0. The maximum atomic E-state index is 6.37. The fraction of sp³-hybridized carbons (Fsp3) is 1.00. The molecule has 0 aromatic heterocycles. The Morgan fingerprint density at radius 2 is 2.06 bits per heavy atom. The molecule has 2 fully saturated rings. The zero-order valence-corrected chi connectivity index (χ0v) is 12.7. The first kappa shape index (κ1) is 14.6. The molecule has 4 heteroatoms. The highest BCUT2D eigenvalue weighted by molar-refractivity contribution is 6.21. The van der Waals surface area contributed by atoms with Gasteiger partial charge in [0, 0.05) is 37.6 Å². The zero-order chi connectivity index (χ0) is 13.1. The smallest absolute Gasteiger partial charge is 0.0829 e. The first-order valence-electron chi connectivity index (χ1n) is 7.28. The SMILES string of the molecule is CC1CCN(CC2CN(C(C)C)CCO2)CC1Cl. The summed E-state index contributed by atoms with van der Waals surface area (Å²) in [6.07, 6.45) is 1.58. The van der Waals surface area contributed by atoms with E-state index in [9.17, 15) is 0 Å². The molecule has 0 radical (unpaired) electrons. The van der Waals surface area contributed by atoms with E-state index in [0.717, 1.165) is 32.8 Å². The molecule has 2 aliphatic heterocycles. The van der Waals surface area contributed by atoms with Gasteiger partial charge in [0.25, 0.3) is 0 Å². The van der Waals surface area contributed by atoms with E-state index in [2.05, 4.69) is 30.6 Å². The monoisotopic (exact) mass is 274 g/mol. The Morgan fingerprint density at radius 3 is 2.72 bits per heavy atom. The van der Waals surface area contributed by atoms with Gasteiger partial charge < -0.3 is 4.74 Å². The molecule has 106 valence electrons. The van der Waals surface area contributed by atoms with Gasteiger partial charge in [0.1, 0.15) is 0 Å². The summed E-state index contributed by atoms with van der Waals surface area (Å²) in [5.74, 6) is 0.655. The van der Waals surface area contributed by atoms with Crippen LogP contribution in [0.1, 0.15) is 27.2 Å². The molecule has 0 N–H and O–H groups in total. The lowest BCUT2D eigenvalue weighted by molar-refractivity contribution is -0.0546. The van der Waals surface area contributed by atoms with Crippen LogP contribution in [-0.2, 0) is 4.74 Å². The van der Waals surface area contributed by atoms with Crippen molar-refractivity contribution in [1.29, 1.82) is 0 Å². The van der Waals surface area contributed by atoms with E-state index >= 15 is 0 Å². The van der Waals surface area contributed by atoms with Gasteiger partial charge in [0.15, 0.2) is 0 Å². The Labute approximate surface area is 116 Å². The van der Waals surface area contributed by atoms with Gasteiger partial charge >= 0.3 is 0 Å². The molecule has 2 rings (SSSR count). The minimum atomic E-state index is 0.309. The van der Waals surface area contributed by atoms with Crippen LogP contribution >= 0.6 is 11.6 Å². The lowest BCUT2D eigenvalue weighted by atomic mass is 9.98. The second-order valence-corrected chi connectivity index (χ2v) is 6.68. The minimum absolute atomic E-state index is 0.309. The van der Waals surface area contributed by atoms with Crippen molar-refractivity contribution >= 4 is 11.6 Å². The molecule has 0 aliphatic carbocycles. The third-order valence-electron chi connectivity index (χ3n) is 4.31. The van der Waals surface area contributed by atoms with Crippen molar-refractivity contribution in [3.8, 4) is 0 Å². The molecule has 3 atom stereocenters. The van der Waals surface area contributed by atoms with Crippen LogP contribution in [0.3, 0.4) is 0 Å². The third-order valence-corrected chi connectivity index (χ3v) is 4.88. The summed E-state index contributed by atoms with van der Waals surface area (Å²) in [5, 5.41) is 0.309. The van der Waals surface area contributed by atoms with Crippen LogP contribution in [0.25, 0.3) is 0 Å². The van der Waals surface area contributed by atoms with Gasteiger partial charge in [-0.05, 0) is 32.7 Å². The maximum Gasteiger partial charge on any atom is 0.0829 e. The molecule has 2 aliphatic rings. The number of hydrogen-bond acceptors (Lipinski definition) is 3. The Bertz CT molecular complexity index is 262. The normalized spacial score (nSPS) is 36.2. The van der Waals surface area contributed by atoms with E-state index in [1.54, 1.807) is 0 Å². The highest BCUT2D eigenvalue weighted by Crippen LogP contribution is 2.22. The van der Waals surface area contributed by atoms with E-state index < -0.39 is 0 Å². The van der Waals surface area contributed by atoms with Crippen molar-refractivity contribution in [2.45, 2.75) is 44.7 Å². The van der Waals surface area contributed by atoms with Crippen LogP contribution in [0.15, 0.2) is 0 Å². The fourth-order valence-corrected chi connectivity index (χ4v) is 3.18. The average molecular weight is 275 g/mol. The first-order chi connectivity index (χ1) is 8.56. The largest absolute Gasteiger partial charge is 0.374 e. The Balaban J connectivity index is 1.79. The summed E-state index contributed by atoms with van der Waals surface area (Å²) in [4.78, 5) is 4.99. The molecule has 0 aromatic rings. The van der Waals surface area contributed by atoms with Crippen molar-refractivity contribution in [3.05, 3.63) is 0 Å². The van der Waals surface area contributed by atoms with Crippen molar-refractivity contribution in [2.75, 3.05) is 39.3 Å². The van der Waals surface area contributed by atoms with Crippen LogP contribution in [0.4, 0.5) is 0 Å². The lowest BCUT2D eigenvalue weighted by Gasteiger charge is -2.40. The molecule has 3 nitrogen and oxygen atoms in total. The quantitative estimate of drug-likeness (QED) is 0.733. The fourth-order valence-electron chi connectivity index (χ4n) is 2.86. The van der Waals surface area contributed by atoms with Crippen LogP contribution in [0.5, 0.6) is 0 Å². The number of halogens is 1. The Morgan fingerprint density at radius 1 is 1.28 bits per heavy atom. The van der Waals surface area contributed by atoms with Gasteiger partial charge in [0.05, 0.1) is 12.7 Å². The molecular weight excluding hydrogens is 248 g/mol. The number of piperidine rings is 1. The van der Waals surface area contributed by atoms with E-state index in [1.165, 1.54) is 13.0 Å². The Kier molecular flexibility index (Phi) is 5.31. The predicted octanol–water partition coefficient (Wildman–Crippen LogP) is 2.04. The highest BCUT2D eigenvalue weighted by atomic mass is 35.5. The van der Waals surface area contributed by atoms with Crippen molar-refractivity contribution < 1.29 is 4.74 Å². The van der Waals surface area contributed by atoms with E-state index in [-0.39, 0.29) is 0 Å². The number of ether oxygens (including phenoxy) is 1. The van der Waals surface area contributed by atoms with Gasteiger partial charge in [-0.15, -0.1) is 11.6 Å². The molecular formula is C14H27ClN2O. The van der Waals surface area contributed by atoms with Crippen molar-refractivity contribution in [3.63, 3.8) is 0 Å². The molecule has 2 heterocycles. The Hall–Kier alpha value is 0.170. The molecule has 0 saturated carbocycles. The molecule has 0 amide bonds. The number of nitrogens with zero attached hydrogens (tertiary/aromatic N) is 2. The lowest BCUT2D eigenvalue weighted by Crippen LogP contribution is -2.51. The minimum Gasteiger partial charge on any atom is -0.374 e. The van der Waals surface area contributed by atoms with E-state index in [1.807, 2.05) is 0 Å². The van der Waals surface area contributed by atoms with E-state index in [4.69, 9.17) is 16.3 Å². The molecule has 0 spiro atoms. The number of likely N-dealkylation sites (tertiary alicyclic amines) is 1. The summed E-state index contributed by atoms with van der Waals surface area (Å²) in [7, 11) is 0. The predicted molar refractivity (Wildman–Crippen MR) is 76.3 cm³/mol. The van der Waals surface area contributed by atoms with Crippen molar-refractivity contribution in [1.82, 2.24) is 9.80 Å². The van der Waals surface area contributed by atoms with Crippen molar-refractivity contribution in [2.24, 2.45) is 5.92 Å². The number of rotatable bonds is 3. The molecule has 0 aromatic carbocycles. The number of alkyl halides is 1. The second-order valence-electron chi connectivity index (χ2n) is 6.12. The molecule has 3 unspecified atom stereocenters. The van der Waals surface area contributed by atoms with Crippen LogP contribution in [0.2, 0.25) is 0 Å². The standard InChI is InChI=1S/C14H27ClN2O/c1-11(2)17-6-7-18-13(9-17)8-16-5-4-12(3)14(15)10-16/h11-14H,4-10H2,1-3H3. The molecule has 0 bridgehead atoms. The van der Waals surface area contributed by atoms with Gasteiger partial charge in [-0.25, -0.2) is 0 Å². The van der Waals surface area contributed by atoms with Crippen LogP contribution in [0, 0.1) is 5.92 Å². The molecule has 18 heavy (non-hydrogen) atoms. The zero-order valence-electron chi connectivity index (χ0n) is 11.9. The van der Waals surface area contributed by atoms with Gasteiger partial charge in [-0.2, -0.15) is 0 Å². The topological polar surface area (TPSA) is 15.7 Å². The summed E-state index contributed by atoms with van der Waals surface area (Å²) < 4.78 is 5.90. The average Bonchev–Trinajstić information content (AvgIpc) is 2.34. The van der Waals surface area contributed by atoms with Crippen LogP contribution < -0.4 is 0 Å². The van der Waals surface area contributed by atoms with Gasteiger partial charge in [-0.3, -0.25) is 9.80 Å². The molecule has 2 saturated heterocycles. The second kappa shape index (κ2) is 6.56. The van der Waals surface area contributed by atoms with Crippen LogP contribution in [-0.4, -0.2) is 66.7 Å². The van der Waals surface area contributed by atoms with Gasteiger partial charge in [0.2, 0.25) is 0 Å².